The van der Waals surface area contributed by atoms with Gasteiger partial charge in [-0.15, -0.1) is 0 Å². The molecule has 0 saturated heterocycles. The fourth-order valence-electron chi connectivity index (χ4n) is 6.03. The van der Waals surface area contributed by atoms with Crippen molar-refractivity contribution in [1.29, 1.82) is 0 Å². The molecule has 6 aromatic rings. The first kappa shape index (κ1) is 28.9. The van der Waals surface area contributed by atoms with Crippen molar-refractivity contribution in [1.82, 2.24) is 14.7 Å². The molecule has 228 valence electrons. The molecule has 1 aliphatic carbocycles. The first-order chi connectivity index (χ1) is 22.4. The zero-order valence-corrected chi connectivity index (χ0v) is 24.8. The van der Waals surface area contributed by atoms with Crippen LogP contribution in [0.15, 0.2) is 109 Å². The van der Waals surface area contributed by atoms with Crippen molar-refractivity contribution in [3.63, 3.8) is 0 Å². The standard InChI is InChI=1S/C37H28F2N4O3/c1-22-18-24(36(44)40-19-33-35(23-10-13-25(38)14-11-23)42-34-17-15-26(39)20-43(33)34)12-16-32(22)41-37(45)46-21-31-29-8-4-2-6-27(29)28-7-3-5-9-30(28)31/h2-18,20,31H,19,21H2,1H3,(H,40,44)(H,41,45). The van der Waals surface area contributed by atoms with E-state index in [4.69, 9.17) is 4.74 Å². The van der Waals surface area contributed by atoms with Crippen LogP contribution in [0.3, 0.4) is 0 Å². The number of fused-ring (bicyclic) bond motifs is 4. The van der Waals surface area contributed by atoms with Crippen LogP contribution in [0.1, 0.15) is 38.7 Å². The monoisotopic (exact) mass is 614 g/mol. The molecule has 2 amide bonds. The molecule has 0 aliphatic heterocycles. The SMILES string of the molecule is Cc1cc(C(=O)NCc2c(-c3ccc(F)cc3)nc3ccc(F)cn23)ccc1NC(=O)OCC1c2ccccc2-c2ccccc21. The van der Waals surface area contributed by atoms with Crippen LogP contribution >= 0.6 is 0 Å². The Balaban J connectivity index is 1.02. The Bertz CT molecular complexity index is 2080. The first-order valence-electron chi connectivity index (χ1n) is 14.8. The molecular formula is C37H28F2N4O3. The molecule has 7 rings (SSSR count). The summed E-state index contributed by atoms with van der Waals surface area (Å²) in [4.78, 5) is 30.6. The largest absolute Gasteiger partial charge is 0.448 e. The van der Waals surface area contributed by atoms with Crippen LogP contribution in [0.25, 0.3) is 28.0 Å². The summed E-state index contributed by atoms with van der Waals surface area (Å²) in [5.41, 5.74) is 8.29. The van der Waals surface area contributed by atoms with Crippen LogP contribution in [-0.2, 0) is 11.3 Å². The summed E-state index contributed by atoms with van der Waals surface area (Å²) < 4.78 is 34.9. The molecule has 2 heterocycles. The van der Waals surface area contributed by atoms with E-state index in [1.54, 1.807) is 47.7 Å². The van der Waals surface area contributed by atoms with E-state index in [1.165, 1.54) is 24.4 Å². The highest BCUT2D eigenvalue weighted by atomic mass is 19.1. The van der Waals surface area contributed by atoms with Crippen molar-refractivity contribution >= 4 is 23.3 Å². The van der Waals surface area contributed by atoms with Crippen LogP contribution < -0.4 is 10.6 Å². The lowest BCUT2D eigenvalue weighted by molar-refractivity contribution is 0.0950. The highest BCUT2D eigenvalue weighted by Gasteiger charge is 2.29. The van der Waals surface area contributed by atoms with E-state index in [0.29, 0.717) is 39.4 Å². The lowest BCUT2D eigenvalue weighted by atomic mass is 9.98. The molecule has 0 atom stereocenters. The molecule has 2 N–H and O–H groups in total. The van der Waals surface area contributed by atoms with Crippen LogP contribution in [0.5, 0.6) is 0 Å². The number of rotatable bonds is 7. The molecule has 0 saturated carbocycles. The molecule has 0 fully saturated rings. The molecule has 46 heavy (non-hydrogen) atoms. The van der Waals surface area contributed by atoms with Gasteiger partial charge in [0.15, 0.2) is 0 Å². The summed E-state index contributed by atoms with van der Waals surface area (Å²) in [7, 11) is 0. The number of carbonyl (C=O) groups is 2. The second-order valence-electron chi connectivity index (χ2n) is 11.2. The van der Waals surface area contributed by atoms with E-state index < -0.39 is 11.9 Å². The molecular weight excluding hydrogens is 586 g/mol. The van der Waals surface area contributed by atoms with Crippen LogP contribution in [0, 0.1) is 18.6 Å². The fourth-order valence-corrected chi connectivity index (χ4v) is 6.03. The number of hydrogen-bond donors (Lipinski definition) is 2. The van der Waals surface area contributed by atoms with Gasteiger partial charge in [-0.1, -0.05) is 48.5 Å². The average molecular weight is 615 g/mol. The molecule has 0 spiro atoms. The maximum absolute atomic E-state index is 14.1. The second-order valence-corrected chi connectivity index (χ2v) is 11.2. The number of aromatic nitrogens is 2. The Morgan fingerprint density at radius 3 is 2.22 bits per heavy atom. The van der Waals surface area contributed by atoms with Gasteiger partial charge in [0.05, 0.1) is 17.9 Å². The molecule has 0 radical (unpaired) electrons. The Morgan fingerprint density at radius 1 is 0.848 bits per heavy atom. The number of aryl methyl sites for hydroxylation is 1. The Morgan fingerprint density at radius 2 is 1.52 bits per heavy atom. The molecule has 0 bridgehead atoms. The van der Waals surface area contributed by atoms with E-state index in [-0.39, 0.29) is 30.8 Å². The molecule has 2 aromatic heterocycles. The maximum Gasteiger partial charge on any atom is 0.411 e. The molecule has 9 heteroatoms. The van der Waals surface area contributed by atoms with Crippen molar-refractivity contribution in [2.75, 3.05) is 11.9 Å². The molecule has 4 aromatic carbocycles. The molecule has 0 unspecified atom stereocenters. The third-order valence-corrected chi connectivity index (χ3v) is 8.28. The zero-order chi connectivity index (χ0) is 31.8. The Hall–Kier alpha value is -5.83. The highest BCUT2D eigenvalue weighted by Crippen LogP contribution is 2.44. The lowest BCUT2D eigenvalue weighted by Gasteiger charge is -2.15. The summed E-state index contributed by atoms with van der Waals surface area (Å²) in [6.07, 6.45) is 0.709. The minimum Gasteiger partial charge on any atom is -0.448 e. The van der Waals surface area contributed by atoms with Gasteiger partial charge in [0, 0.05) is 28.9 Å². The Kier molecular flexibility index (Phi) is 7.50. The van der Waals surface area contributed by atoms with E-state index in [0.717, 1.165) is 22.3 Å². The average Bonchev–Trinajstić information content (AvgIpc) is 3.59. The number of pyridine rings is 1. The van der Waals surface area contributed by atoms with Gasteiger partial charge in [-0.3, -0.25) is 14.5 Å². The number of ether oxygens (including phenoxy) is 1. The number of benzene rings is 4. The van der Waals surface area contributed by atoms with Crippen LogP contribution in [0.2, 0.25) is 0 Å². The van der Waals surface area contributed by atoms with Crippen LogP contribution in [0.4, 0.5) is 19.3 Å². The predicted molar refractivity (Wildman–Crippen MR) is 172 cm³/mol. The summed E-state index contributed by atoms with van der Waals surface area (Å²) in [5, 5.41) is 5.67. The predicted octanol–water partition coefficient (Wildman–Crippen LogP) is 7.88. The number of nitrogens with one attached hydrogen (secondary N) is 2. The second kappa shape index (κ2) is 11.9. The topological polar surface area (TPSA) is 84.7 Å². The minimum atomic E-state index is -0.588. The summed E-state index contributed by atoms with van der Waals surface area (Å²) in [6.45, 7) is 2.01. The van der Waals surface area contributed by atoms with E-state index in [9.17, 15) is 18.4 Å². The van der Waals surface area contributed by atoms with Crippen molar-refractivity contribution in [2.45, 2.75) is 19.4 Å². The quantitative estimate of drug-likeness (QED) is 0.192. The van der Waals surface area contributed by atoms with Gasteiger partial charge in [-0.05, 0) is 89.3 Å². The number of imidazole rings is 1. The molecule has 7 nitrogen and oxygen atoms in total. The maximum atomic E-state index is 14.1. The number of halogens is 2. The normalized spacial score (nSPS) is 12.1. The number of hydrogen-bond acceptors (Lipinski definition) is 4. The van der Waals surface area contributed by atoms with Gasteiger partial charge in [0.25, 0.3) is 5.91 Å². The smallest absolute Gasteiger partial charge is 0.411 e. The third-order valence-electron chi connectivity index (χ3n) is 8.28. The van der Waals surface area contributed by atoms with E-state index in [2.05, 4.69) is 39.9 Å². The van der Waals surface area contributed by atoms with Crippen molar-refractivity contribution in [2.24, 2.45) is 0 Å². The van der Waals surface area contributed by atoms with Gasteiger partial charge in [0.1, 0.15) is 23.9 Å². The number of carbonyl (C=O) groups excluding carboxylic acids is 2. The number of anilines is 1. The van der Waals surface area contributed by atoms with Gasteiger partial charge in [-0.25, -0.2) is 18.6 Å². The molecule has 1 aliphatic rings. The summed E-state index contributed by atoms with van der Waals surface area (Å²) >= 11 is 0. The number of nitrogens with zero attached hydrogens (tertiary/aromatic N) is 2. The third kappa shape index (κ3) is 5.47. The van der Waals surface area contributed by atoms with E-state index >= 15 is 0 Å². The minimum absolute atomic E-state index is 0.0367. The summed E-state index contributed by atoms with van der Waals surface area (Å²) in [5.74, 6) is -1.27. The van der Waals surface area contributed by atoms with Gasteiger partial charge in [0.2, 0.25) is 0 Å². The van der Waals surface area contributed by atoms with Gasteiger partial charge in [-0.2, -0.15) is 0 Å². The highest BCUT2D eigenvalue weighted by molar-refractivity contribution is 5.96. The first-order valence-corrected chi connectivity index (χ1v) is 14.8. The van der Waals surface area contributed by atoms with Crippen molar-refractivity contribution in [3.8, 4) is 22.4 Å². The summed E-state index contributed by atoms with van der Waals surface area (Å²) in [6, 6.07) is 29.9. The van der Waals surface area contributed by atoms with Crippen molar-refractivity contribution in [3.05, 3.63) is 149 Å². The van der Waals surface area contributed by atoms with Crippen molar-refractivity contribution < 1.29 is 23.1 Å². The Labute approximate surface area is 263 Å². The lowest BCUT2D eigenvalue weighted by Crippen LogP contribution is -2.24. The zero-order valence-electron chi connectivity index (χ0n) is 24.8. The van der Waals surface area contributed by atoms with E-state index in [1.807, 2.05) is 24.3 Å². The fraction of sp³-hybridized carbons (Fsp3) is 0.108. The van der Waals surface area contributed by atoms with Gasteiger partial charge < -0.3 is 10.1 Å². The number of amides is 2. The van der Waals surface area contributed by atoms with Gasteiger partial charge >= 0.3 is 6.09 Å². The van der Waals surface area contributed by atoms with Crippen LogP contribution in [-0.4, -0.2) is 28.0 Å².